The molecular formula is C17H21ClN2. The maximum Gasteiger partial charge on any atom is 0.0406 e. The molecule has 0 saturated carbocycles. The number of hydrogen-bond acceptors (Lipinski definition) is 2. The smallest absolute Gasteiger partial charge is 0.0406 e. The molecule has 0 aliphatic heterocycles. The van der Waals surface area contributed by atoms with Gasteiger partial charge >= 0.3 is 0 Å². The Bertz CT molecular complexity index is 549. The highest BCUT2D eigenvalue weighted by atomic mass is 35.5. The van der Waals surface area contributed by atoms with Crippen LogP contribution in [0.1, 0.15) is 29.2 Å². The van der Waals surface area contributed by atoms with Gasteiger partial charge < -0.3 is 4.90 Å². The molecule has 2 aromatic rings. The molecule has 0 fully saturated rings. The highest BCUT2D eigenvalue weighted by Crippen LogP contribution is 2.29. The van der Waals surface area contributed by atoms with Crippen LogP contribution in [0.5, 0.6) is 0 Å². The van der Waals surface area contributed by atoms with Crippen LogP contribution in [0.4, 0.5) is 0 Å². The highest BCUT2D eigenvalue weighted by molar-refractivity contribution is 6.30. The molecular weight excluding hydrogens is 268 g/mol. The van der Waals surface area contributed by atoms with E-state index in [0.29, 0.717) is 5.92 Å². The minimum atomic E-state index is 0.386. The summed E-state index contributed by atoms with van der Waals surface area (Å²) in [6.45, 7) is 3.09. The molecule has 0 bridgehead atoms. The van der Waals surface area contributed by atoms with Crippen LogP contribution >= 0.6 is 11.6 Å². The fourth-order valence-corrected chi connectivity index (χ4v) is 2.52. The zero-order valence-corrected chi connectivity index (χ0v) is 13.1. The van der Waals surface area contributed by atoms with Gasteiger partial charge in [-0.25, -0.2) is 0 Å². The molecule has 0 aliphatic rings. The Labute approximate surface area is 126 Å². The van der Waals surface area contributed by atoms with Crippen molar-refractivity contribution in [3.63, 3.8) is 0 Å². The van der Waals surface area contributed by atoms with E-state index in [0.717, 1.165) is 23.7 Å². The van der Waals surface area contributed by atoms with Gasteiger partial charge in [0.25, 0.3) is 0 Å². The van der Waals surface area contributed by atoms with Crippen LogP contribution in [-0.4, -0.2) is 30.5 Å². The molecule has 0 saturated heterocycles. The first-order chi connectivity index (χ1) is 9.56. The second-order valence-corrected chi connectivity index (χ2v) is 5.86. The average molecular weight is 289 g/mol. The standard InChI is InChI=1S/C17H21ClN2/c1-13-12-15(8-10-19-13)17(9-11-20(2)3)14-4-6-16(18)7-5-14/h4-8,10,12,17H,9,11H2,1-3H3/t17-/m1/s1. The maximum absolute atomic E-state index is 6.00. The van der Waals surface area contributed by atoms with E-state index in [1.165, 1.54) is 11.1 Å². The van der Waals surface area contributed by atoms with Gasteiger partial charge in [-0.2, -0.15) is 0 Å². The number of pyridine rings is 1. The second kappa shape index (κ2) is 6.87. The van der Waals surface area contributed by atoms with Crippen molar-refractivity contribution in [2.75, 3.05) is 20.6 Å². The Balaban J connectivity index is 2.31. The molecule has 20 heavy (non-hydrogen) atoms. The quantitative estimate of drug-likeness (QED) is 0.822. The lowest BCUT2D eigenvalue weighted by atomic mass is 9.88. The lowest BCUT2D eigenvalue weighted by Gasteiger charge is -2.20. The van der Waals surface area contributed by atoms with Crippen molar-refractivity contribution < 1.29 is 0 Å². The van der Waals surface area contributed by atoms with Crippen molar-refractivity contribution in [1.82, 2.24) is 9.88 Å². The molecule has 106 valence electrons. The average Bonchev–Trinajstić information content (AvgIpc) is 2.41. The van der Waals surface area contributed by atoms with Gasteiger partial charge in [0.05, 0.1) is 0 Å². The molecule has 2 rings (SSSR count). The van der Waals surface area contributed by atoms with Gasteiger partial charge in [0, 0.05) is 22.8 Å². The normalized spacial score (nSPS) is 12.7. The van der Waals surface area contributed by atoms with Gasteiger partial charge in [-0.3, -0.25) is 4.98 Å². The van der Waals surface area contributed by atoms with Crippen molar-refractivity contribution in [1.29, 1.82) is 0 Å². The molecule has 0 radical (unpaired) electrons. The molecule has 1 aromatic heterocycles. The predicted molar refractivity (Wildman–Crippen MR) is 85.4 cm³/mol. The van der Waals surface area contributed by atoms with Crippen LogP contribution in [0.2, 0.25) is 5.02 Å². The number of hydrogen-bond donors (Lipinski definition) is 0. The summed E-state index contributed by atoms with van der Waals surface area (Å²) in [5.74, 6) is 0.386. The van der Waals surface area contributed by atoms with E-state index in [2.05, 4.69) is 48.2 Å². The van der Waals surface area contributed by atoms with Crippen molar-refractivity contribution in [2.45, 2.75) is 19.3 Å². The largest absolute Gasteiger partial charge is 0.309 e. The summed E-state index contributed by atoms with van der Waals surface area (Å²) < 4.78 is 0. The van der Waals surface area contributed by atoms with Gasteiger partial charge in [-0.05, 0) is 69.4 Å². The molecule has 1 atom stereocenters. The zero-order chi connectivity index (χ0) is 14.5. The molecule has 0 spiro atoms. The van der Waals surface area contributed by atoms with E-state index < -0.39 is 0 Å². The number of aromatic nitrogens is 1. The van der Waals surface area contributed by atoms with Crippen LogP contribution in [0.3, 0.4) is 0 Å². The lowest BCUT2D eigenvalue weighted by Crippen LogP contribution is -2.16. The summed E-state index contributed by atoms with van der Waals surface area (Å²) in [7, 11) is 4.22. The highest BCUT2D eigenvalue weighted by Gasteiger charge is 2.14. The van der Waals surface area contributed by atoms with Crippen molar-refractivity contribution in [3.8, 4) is 0 Å². The Morgan fingerprint density at radius 3 is 2.40 bits per heavy atom. The van der Waals surface area contributed by atoms with Crippen molar-refractivity contribution >= 4 is 11.6 Å². The molecule has 2 nitrogen and oxygen atoms in total. The van der Waals surface area contributed by atoms with E-state index >= 15 is 0 Å². The molecule has 0 aliphatic carbocycles. The van der Waals surface area contributed by atoms with Crippen molar-refractivity contribution in [3.05, 3.63) is 64.4 Å². The van der Waals surface area contributed by atoms with E-state index in [4.69, 9.17) is 11.6 Å². The van der Waals surface area contributed by atoms with E-state index in [9.17, 15) is 0 Å². The monoisotopic (exact) mass is 288 g/mol. The lowest BCUT2D eigenvalue weighted by molar-refractivity contribution is 0.390. The van der Waals surface area contributed by atoms with E-state index in [-0.39, 0.29) is 0 Å². The molecule has 1 heterocycles. The van der Waals surface area contributed by atoms with E-state index in [1.54, 1.807) is 0 Å². The maximum atomic E-state index is 6.00. The molecule has 0 amide bonds. The van der Waals surface area contributed by atoms with Gasteiger partial charge in [-0.15, -0.1) is 0 Å². The summed E-state index contributed by atoms with van der Waals surface area (Å²) in [5.41, 5.74) is 3.69. The summed E-state index contributed by atoms with van der Waals surface area (Å²) in [6.07, 6.45) is 2.97. The summed E-state index contributed by atoms with van der Waals surface area (Å²) >= 11 is 6.00. The van der Waals surface area contributed by atoms with Gasteiger partial charge in [-0.1, -0.05) is 23.7 Å². The van der Waals surface area contributed by atoms with Gasteiger partial charge in [0.2, 0.25) is 0 Å². The first-order valence-electron chi connectivity index (χ1n) is 6.89. The van der Waals surface area contributed by atoms with Crippen LogP contribution in [-0.2, 0) is 0 Å². The van der Waals surface area contributed by atoms with Crippen LogP contribution in [0.15, 0.2) is 42.6 Å². The van der Waals surface area contributed by atoms with Crippen molar-refractivity contribution in [2.24, 2.45) is 0 Å². The molecule has 0 N–H and O–H groups in total. The van der Waals surface area contributed by atoms with Crippen LogP contribution in [0.25, 0.3) is 0 Å². The Morgan fingerprint density at radius 2 is 1.80 bits per heavy atom. The number of aryl methyl sites for hydroxylation is 1. The van der Waals surface area contributed by atoms with E-state index in [1.807, 2.05) is 25.3 Å². The van der Waals surface area contributed by atoms with Gasteiger partial charge in [0.15, 0.2) is 0 Å². The number of benzene rings is 1. The first-order valence-corrected chi connectivity index (χ1v) is 7.27. The minimum Gasteiger partial charge on any atom is -0.309 e. The number of nitrogens with zero attached hydrogens (tertiary/aromatic N) is 2. The predicted octanol–water partition coefficient (Wildman–Crippen LogP) is 4.13. The molecule has 1 aromatic carbocycles. The number of halogens is 1. The third kappa shape index (κ3) is 4.06. The third-order valence-electron chi connectivity index (χ3n) is 3.46. The summed E-state index contributed by atoms with van der Waals surface area (Å²) in [4.78, 5) is 6.51. The van der Waals surface area contributed by atoms with Crippen LogP contribution in [0, 0.1) is 6.92 Å². The third-order valence-corrected chi connectivity index (χ3v) is 3.71. The Morgan fingerprint density at radius 1 is 1.10 bits per heavy atom. The molecule has 3 heteroatoms. The molecule has 0 unspecified atom stereocenters. The fourth-order valence-electron chi connectivity index (χ4n) is 2.39. The Kier molecular flexibility index (Phi) is 5.16. The Hall–Kier alpha value is -1.38. The first kappa shape index (κ1) is 15.0. The van der Waals surface area contributed by atoms with Crippen LogP contribution < -0.4 is 0 Å². The summed E-state index contributed by atoms with van der Waals surface area (Å²) in [5, 5.41) is 0.783. The van der Waals surface area contributed by atoms with Gasteiger partial charge in [0.1, 0.15) is 0 Å². The zero-order valence-electron chi connectivity index (χ0n) is 12.3. The fraction of sp³-hybridized carbons (Fsp3) is 0.353. The minimum absolute atomic E-state index is 0.386. The number of rotatable bonds is 5. The summed E-state index contributed by atoms with van der Waals surface area (Å²) in [6, 6.07) is 12.5. The second-order valence-electron chi connectivity index (χ2n) is 5.43. The topological polar surface area (TPSA) is 16.1 Å². The SMILES string of the molecule is Cc1cc([C@H](CCN(C)C)c2ccc(Cl)cc2)ccn1.